The largest absolute Gasteiger partial charge is 0.459 e. The summed E-state index contributed by atoms with van der Waals surface area (Å²) >= 11 is 0. The molecular weight excluding hydrogens is 278 g/mol. The molecule has 3 rings (SSSR count). The third-order valence-electron chi connectivity index (χ3n) is 3.52. The van der Waals surface area contributed by atoms with Gasteiger partial charge in [0.25, 0.3) is 5.91 Å². The molecule has 1 aliphatic heterocycles. The summed E-state index contributed by atoms with van der Waals surface area (Å²) < 4.78 is 31.7. The van der Waals surface area contributed by atoms with E-state index in [4.69, 9.17) is 4.42 Å². The zero-order valence-corrected chi connectivity index (χ0v) is 11.2. The van der Waals surface area contributed by atoms with Gasteiger partial charge in [-0.1, -0.05) is 0 Å². The van der Waals surface area contributed by atoms with E-state index in [9.17, 15) is 13.6 Å². The monoisotopic (exact) mass is 292 g/mol. The normalized spacial score (nSPS) is 18.0. The highest BCUT2D eigenvalue weighted by Crippen LogP contribution is 2.24. The first-order valence-electron chi connectivity index (χ1n) is 6.68. The van der Waals surface area contributed by atoms with Crippen molar-refractivity contribution in [3.63, 3.8) is 0 Å². The Morgan fingerprint density at radius 2 is 2.19 bits per heavy atom. The van der Waals surface area contributed by atoms with Gasteiger partial charge in [0.2, 0.25) is 0 Å². The van der Waals surface area contributed by atoms with Crippen LogP contribution in [-0.2, 0) is 0 Å². The second-order valence-electron chi connectivity index (χ2n) is 4.98. The molecular formula is C15H14F2N2O2. The van der Waals surface area contributed by atoms with Gasteiger partial charge < -0.3 is 14.6 Å². The Labute approximate surface area is 120 Å². The van der Waals surface area contributed by atoms with E-state index < -0.39 is 11.6 Å². The second kappa shape index (κ2) is 5.55. The molecule has 1 atom stereocenters. The van der Waals surface area contributed by atoms with Gasteiger partial charge in [-0.05, 0) is 30.7 Å². The molecule has 0 radical (unpaired) electrons. The lowest BCUT2D eigenvalue weighted by Crippen LogP contribution is -2.37. The third kappa shape index (κ3) is 2.89. The number of carbonyl (C=O) groups excluding carboxylic acids is 1. The van der Waals surface area contributed by atoms with Gasteiger partial charge in [0.05, 0.1) is 12.0 Å². The molecule has 6 heteroatoms. The molecule has 0 saturated carbocycles. The molecule has 2 heterocycles. The summed E-state index contributed by atoms with van der Waals surface area (Å²) in [5.74, 6) is -1.22. The molecule has 0 bridgehead atoms. The Morgan fingerprint density at radius 1 is 1.33 bits per heavy atom. The Kier molecular flexibility index (Phi) is 3.60. The van der Waals surface area contributed by atoms with E-state index in [1.807, 2.05) is 0 Å². The SMILES string of the molecule is O=C(N[C@H]1CCN(c2ccc(F)cc2F)C1)c1ccco1. The van der Waals surface area contributed by atoms with Crippen molar-refractivity contribution in [1.29, 1.82) is 0 Å². The molecule has 1 aromatic carbocycles. The summed E-state index contributed by atoms with van der Waals surface area (Å²) in [5.41, 5.74) is 0.353. The lowest BCUT2D eigenvalue weighted by atomic mass is 10.2. The Morgan fingerprint density at radius 3 is 2.90 bits per heavy atom. The first kappa shape index (κ1) is 13.6. The van der Waals surface area contributed by atoms with Crippen molar-refractivity contribution in [3.05, 3.63) is 54.0 Å². The number of hydrogen-bond donors (Lipinski definition) is 1. The van der Waals surface area contributed by atoms with Crippen LogP contribution in [0.2, 0.25) is 0 Å². The van der Waals surface area contributed by atoms with Crippen LogP contribution in [0.5, 0.6) is 0 Å². The lowest BCUT2D eigenvalue weighted by molar-refractivity contribution is 0.0912. The van der Waals surface area contributed by atoms with Gasteiger partial charge in [-0.25, -0.2) is 8.78 Å². The summed E-state index contributed by atoms with van der Waals surface area (Å²) in [4.78, 5) is 13.7. The molecule has 1 aliphatic rings. The van der Waals surface area contributed by atoms with Crippen LogP contribution >= 0.6 is 0 Å². The fourth-order valence-corrected chi connectivity index (χ4v) is 2.50. The molecule has 1 amide bonds. The Hall–Kier alpha value is -2.37. The molecule has 1 aromatic heterocycles. The molecule has 21 heavy (non-hydrogen) atoms. The van der Waals surface area contributed by atoms with Crippen molar-refractivity contribution in [2.75, 3.05) is 18.0 Å². The van der Waals surface area contributed by atoms with Gasteiger partial charge in [-0.15, -0.1) is 0 Å². The number of nitrogens with one attached hydrogen (secondary N) is 1. The van der Waals surface area contributed by atoms with Crippen LogP contribution in [-0.4, -0.2) is 25.0 Å². The first-order chi connectivity index (χ1) is 10.1. The van der Waals surface area contributed by atoms with Gasteiger partial charge in [-0.2, -0.15) is 0 Å². The highest BCUT2D eigenvalue weighted by atomic mass is 19.1. The number of benzene rings is 1. The molecule has 4 nitrogen and oxygen atoms in total. The van der Waals surface area contributed by atoms with Crippen LogP contribution in [0, 0.1) is 11.6 Å². The van der Waals surface area contributed by atoms with E-state index in [-0.39, 0.29) is 17.7 Å². The second-order valence-corrected chi connectivity index (χ2v) is 4.98. The molecule has 110 valence electrons. The first-order valence-corrected chi connectivity index (χ1v) is 6.68. The number of carbonyl (C=O) groups is 1. The fourth-order valence-electron chi connectivity index (χ4n) is 2.50. The molecule has 1 N–H and O–H groups in total. The van der Waals surface area contributed by atoms with E-state index in [1.54, 1.807) is 17.0 Å². The van der Waals surface area contributed by atoms with Crippen LogP contribution < -0.4 is 10.2 Å². The van der Waals surface area contributed by atoms with Crippen molar-refractivity contribution in [2.45, 2.75) is 12.5 Å². The standard InChI is InChI=1S/C15H14F2N2O2/c16-10-3-4-13(12(17)8-10)19-6-5-11(9-19)18-15(20)14-2-1-7-21-14/h1-4,7-8,11H,5-6,9H2,(H,18,20)/t11-/m0/s1. The van der Waals surface area contributed by atoms with E-state index in [2.05, 4.69) is 5.32 Å². The van der Waals surface area contributed by atoms with Gasteiger partial charge in [0.15, 0.2) is 5.76 Å². The average molecular weight is 292 g/mol. The predicted molar refractivity (Wildman–Crippen MR) is 73.2 cm³/mol. The number of nitrogens with zero attached hydrogens (tertiary/aromatic N) is 1. The van der Waals surface area contributed by atoms with E-state index in [0.717, 1.165) is 6.07 Å². The smallest absolute Gasteiger partial charge is 0.287 e. The zero-order chi connectivity index (χ0) is 14.8. The quantitative estimate of drug-likeness (QED) is 0.945. The fraction of sp³-hybridized carbons (Fsp3) is 0.267. The maximum atomic E-state index is 13.7. The molecule has 2 aromatic rings. The van der Waals surface area contributed by atoms with Crippen LogP contribution in [0.15, 0.2) is 41.0 Å². The van der Waals surface area contributed by atoms with Crippen molar-refractivity contribution in [1.82, 2.24) is 5.32 Å². The summed E-state index contributed by atoms with van der Waals surface area (Å²) in [5, 5.41) is 2.84. The Balaban J connectivity index is 1.64. The minimum absolute atomic E-state index is 0.0907. The highest BCUT2D eigenvalue weighted by Gasteiger charge is 2.26. The number of furan rings is 1. The summed E-state index contributed by atoms with van der Waals surface area (Å²) in [6.45, 7) is 1.08. The van der Waals surface area contributed by atoms with Gasteiger partial charge in [0.1, 0.15) is 11.6 Å². The summed E-state index contributed by atoms with van der Waals surface area (Å²) in [6, 6.07) is 6.65. The van der Waals surface area contributed by atoms with Crippen LogP contribution in [0.1, 0.15) is 17.0 Å². The molecule has 0 aliphatic carbocycles. The van der Waals surface area contributed by atoms with E-state index in [1.165, 1.54) is 18.4 Å². The van der Waals surface area contributed by atoms with Gasteiger partial charge in [-0.3, -0.25) is 4.79 Å². The maximum absolute atomic E-state index is 13.7. The van der Waals surface area contributed by atoms with Crippen molar-refractivity contribution in [3.8, 4) is 0 Å². The molecule has 0 spiro atoms. The van der Waals surface area contributed by atoms with Crippen LogP contribution in [0.25, 0.3) is 0 Å². The number of halogens is 2. The van der Waals surface area contributed by atoms with Crippen molar-refractivity contribution < 1.29 is 18.0 Å². The summed E-state index contributed by atoms with van der Waals surface area (Å²) in [6.07, 6.45) is 2.13. The van der Waals surface area contributed by atoms with E-state index >= 15 is 0 Å². The minimum atomic E-state index is -0.599. The van der Waals surface area contributed by atoms with Gasteiger partial charge >= 0.3 is 0 Å². The molecule has 0 unspecified atom stereocenters. The number of hydrogen-bond acceptors (Lipinski definition) is 3. The van der Waals surface area contributed by atoms with Gasteiger partial charge in [0, 0.05) is 25.2 Å². The van der Waals surface area contributed by atoms with Crippen molar-refractivity contribution in [2.24, 2.45) is 0 Å². The number of rotatable bonds is 3. The maximum Gasteiger partial charge on any atom is 0.287 e. The Bertz CT molecular complexity index is 643. The lowest BCUT2D eigenvalue weighted by Gasteiger charge is -2.19. The highest BCUT2D eigenvalue weighted by molar-refractivity contribution is 5.91. The number of anilines is 1. The van der Waals surface area contributed by atoms with Crippen LogP contribution in [0.4, 0.5) is 14.5 Å². The predicted octanol–water partition coefficient (Wildman–Crippen LogP) is 2.57. The third-order valence-corrected chi connectivity index (χ3v) is 3.52. The summed E-state index contributed by atoms with van der Waals surface area (Å²) in [7, 11) is 0. The van der Waals surface area contributed by atoms with E-state index in [0.29, 0.717) is 25.2 Å². The number of amides is 1. The average Bonchev–Trinajstić information content (AvgIpc) is 3.09. The van der Waals surface area contributed by atoms with Crippen LogP contribution in [0.3, 0.4) is 0 Å². The zero-order valence-electron chi connectivity index (χ0n) is 11.2. The molecule has 1 fully saturated rings. The van der Waals surface area contributed by atoms with Crippen molar-refractivity contribution >= 4 is 11.6 Å². The minimum Gasteiger partial charge on any atom is -0.459 e. The topological polar surface area (TPSA) is 45.5 Å². The molecule has 1 saturated heterocycles.